The molecule has 1 aromatic carbocycles. The van der Waals surface area contributed by atoms with Crippen molar-refractivity contribution in [3.05, 3.63) is 41.5 Å². The molecule has 5 nitrogen and oxygen atoms in total. The number of ether oxygens (including phenoxy) is 1. The number of hydrogen-bond donors (Lipinski definition) is 1. The zero-order chi connectivity index (χ0) is 14.1. The summed E-state index contributed by atoms with van der Waals surface area (Å²) in [5.74, 6) is -0.151. The topological polar surface area (TPSA) is 63.8 Å². The highest BCUT2D eigenvalue weighted by molar-refractivity contribution is 7.15. The number of carbonyl (C=O) groups is 1. The van der Waals surface area contributed by atoms with E-state index in [0.29, 0.717) is 11.4 Å². The first-order chi connectivity index (χ1) is 9.69. The molecule has 2 aromatic heterocycles. The fraction of sp³-hybridized carbons (Fsp3) is 0.143. The summed E-state index contributed by atoms with van der Waals surface area (Å²) in [5, 5.41) is 11.0. The molecule has 0 aliphatic rings. The van der Waals surface area contributed by atoms with Gasteiger partial charge in [-0.25, -0.2) is 4.98 Å². The molecule has 0 aliphatic heterocycles. The molecule has 0 aliphatic carbocycles. The fourth-order valence-corrected chi connectivity index (χ4v) is 2.88. The number of thiazole rings is 1. The number of carboxylic acids is 1. The van der Waals surface area contributed by atoms with Crippen LogP contribution in [-0.2, 0) is 11.2 Å². The molecule has 0 radical (unpaired) electrons. The van der Waals surface area contributed by atoms with E-state index in [1.165, 1.54) is 11.3 Å². The van der Waals surface area contributed by atoms with Crippen LogP contribution in [-0.4, -0.2) is 27.6 Å². The van der Waals surface area contributed by atoms with Gasteiger partial charge in [-0.15, -0.1) is 11.3 Å². The first-order valence-corrected chi connectivity index (χ1v) is 6.87. The molecule has 0 saturated heterocycles. The van der Waals surface area contributed by atoms with Gasteiger partial charge < -0.3 is 9.84 Å². The van der Waals surface area contributed by atoms with Gasteiger partial charge in [0.1, 0.15) is 5.75 Å². The number of hydrogen-bond acceptors (Lipinski definition) is 4. The maximum absolute atomic E-state index is 11.1. The van der Waals surface area contributed by atoms with E-state index in [1.54, 1.807) is 7.11 Å². The van der Waals surface area contributed by atoms with E-state index in [9.17, 15) is 4.79 Å². The summed E-state index contributed by atoms with van der Waals surface area (Å²) >= 11 is 1.48. The van der Waals surface area contributed by atoms with Gasteiger partial charge in [0.15, 0.2) is 4.96 Å². The van der Waals surface area contributed by atoms with Gasteiger partial charge in [-0.3, -0.25) is 9.20 Å². The number of benzene rings is 1. The van der Waals surface area contributed by atoms with E-state index in [1.807, 2.05) is 40.2 Å². The highest BCUT2D eigenvalue weighted by Gasteiger charge is 2.17. The molecule has 3 aromatic rings. The molecule has 3 rings (SSSR count). The quantitative estimate of drug-likeness (QED) is 0.801. The number of nitrogens with zero attached hydrogens (tertiary/aromatic N) is 2. The van der Waals surface area contributed by atoms with Gasteiger partial charge in [0.05, 0.1) is 24.9 Å². The van der Waals surface area contributed by atoms with Gasteiger partial charge in [-0.2, -0.15) is 0 Å². The molecular formula is C14H12N2O3S. The van der Waals surface area contributed by atoms with Crippen molar-refractivity contribution in [3.8, 4) is 17.0 Å². The summed E-state index contributed by atoms with van der Waals surface area (Å²) in [4.78, 5) is 16.4. The average Bonchev–Trinajstić information content (AvgIpc) is 3.01. The predicted molar refractivity (Wildman–Crippen MR) is 76.4 cm³/mol. The van der Waals surface area contributed by atoms with Crippen molar-refractivity contribution in [2.75, 3.05) is 7.11 Å². The second-order valence-electron chi connectivity index (χ2n) is 4.27. The highest BCUT2D eigenvalue weighted by atomic mass is 32.1. The van der Waals surface area contributed by atoms with Gasteiger partial charge in [0, 0.05) is 17.1 Å². The minimum atomic E-state index is -0.873. The van der Waals surface area contributed by atoms with Crippen molar-refractivity contribution in [1.29, 1.82) is 0 Å². The van der Waals surface area contributed by atoms with Crippen LogP contribution in [0.4, 0.5) is 0 Å². The third kappa shape index (κ3) is 2.14. The SMILES string of the molecule is COc1cccc(-c2nc3sccn3c2CC(=O)O)c1. The summed E-state index contributed by atoms with van der Waals surface area (Å²) in [5.41, 5.74) is 2.23. The lowest BCUT2D eigenvalue weighted by molar-refractivity contribution is -0.136. The lowest BCUT2D eigenvalue weighted by atomic mass is 10.1. The van der Waals surface area contributed by atoms with Crippen LogP contribution in [0.1, 0.15) is 5.69 Å². The van der Waals surface area contributed by atoms with Crippen LogP contribution in [0.25, 0.3) is 16.2 Å². The molecule has 0 spiro atoms. The van der Waals surface area contributed by atoms with Crippen molar-refractivity contribution < 1.29 is 14.6 Å². The molecule has 102 valence electrons. The lowest BCUT2D eigenvalue weighted by Gasteiger charge is -2.04. The monoisotopic (exact) mass is 288 g/mol. The van der Waals surface area contributed by atoms with E-state index < -0.39 is 5.97 Å². The van der Waals surface area contributed by atoms with Crippen molar-refractivity contribution >= 4 is 22.3 Å². The van der Waals surface area contributed by atoms with Gasteiger partial charge in [0.25, 0.3) is 0 Å². The van der Waals surface area contributed by atoms with E-state index in [-0.39, 0.29) is 6.42 Å². The molecule has 0 saturated carbocycles. The van der Waals surface area contributed by atoms with Gasteiger partial charge in [-0.1, -0.05) is 12.1 Å². The second-order valence-corrected chi connectivity index (χ2v) is 5.14. The Bertz CT molecular complexity index is 776. The molecule has 6 heteroatoms. The zero-order valence-electron chi connectivity index (χ0n) is 10.7. The highest BCUT2D eigenvalue weighted by Crippen LogP contribution is 2.29. The van der Waals surface area contributed by atoms with Crippen LogP contribution in [0.2, 0.25) is 0 Å². The van der Waals surface area contributed by atoms with Crippen molar-refractivity contribution in [3.63, 3.8) is 0 Å². The fourth-order valence-electron chi connectivity index (χ4n) is 2.15. The summed E-state index contributed by atoms with van der Waals surface area (Å²) in [6.45, 7) is 0. The van der Waals surface area contributed by atoms with Crippen LogP contribution < -0.4 is 4.74 Å². The van der Waals surface area contributed by atoms with Crippen molar-refractivity contribution in [1.82, 2.24) is 9.38 Å². The second kappa shape index (κ2) is 4.97. The Kier molecular flexibility index (Phi) is 3.15. The molecule has 0 unspecified atom stereocenters. The Hall–Kier alpha value is -2.34. The minimum absolute atomic E-state index is 0.0650. The molecule has 0 fully saturated rings. The summed E-state index contributed by atoms with van der Waals surface area (Å²) in [6.07, 6.45) is 1.78. The van der Waals surface area contributed by atoms with Crippen LogP contribution in [0.15, 0.2) is 35.8 Å². The Morgan fingerprint density at radius 2 is 2.35 bits per heavy atom. The molecule has 0 amide bonds. The van der Waals surface area contributed by atoms with Crippen molar-refractivity contribution in [2.45, 2.75) is 6.42 Å². The number of rotatable bonds is 4. The third-order valence-electron chi connectivity index (χ3n) is 3.02. The summed E-state index contributed by atoms with van der Waals surface area (Å²) in [6, 6.07) is 7.48. The first-order valence-electron chi connectivity index (χ1n) is 5.99. The number of fused-ring (bicyclic) bond motifs is 1. The van der Waals surface area contributed by atoms with Gasteiger partial charge in [0.2, 0.25) is 0 Å². The summed E-state index contributed by atoms with van der Waals surface area (Å²) in [7, 11) is 1.60. The number of aromatic nitrogens is 2. The Morgan fingerprint density at radius 3 is 3.10 bits per heavy atom. The van der Waals surface area contributed by atoms with E-state index >= 15 is 0 Å². The predicted octanol–water partition coefficient (Wildman–Crippen LogP) is 2.70. The largest absolute Gasteiger partial charge is 0.497 e. The third-order valence-corrected chi connectivity index (χ3v) is 3.78. The summed E-state index contributed by atoms with van der Waals surface area (Å²) < 4.78 is 7.03. The molecule has 2 heterocycles. The first kappa shape index (κ1) is 12.7. The molecule has 1 N–H and O–H groups in total. The minimum Gasteiger partial charge on any atom is -0.497 e. The van der Waals surface area contributed by atoms with Crippen LogP contribution in [0.5, 0.6) is 5.75 Å². The number of imidazole rings is 1. The molecule has 20 heavy (non-hydrogen) atoms. The van der Waals surface area contributed by atoms with E-state index in [4.69, 9.17) is 9.84 Å². The van der Waals surface area contributed by atoms with Crippen LogP contribution in [0, 0.1) is 0 Å². The number of carboxylic acid groups (broad SMARTS) is 1. The molecule has 0 atom stereocenters. The number of aliphatic carboxylic acids is 1. The zero-order valence-corrected chi connectivity index (χ0v) is 11.6. The standard InChI is InChI=1S/C14H12N2O3S/c1-19-10-4-2-3-9(7-10)13-11(8-12(17)18)16-5-6-20-14(16)15-13/h2-7H,8H2,1H3,(H,17,18). The van der Waals surface area contributed by atoms with Crippen LogP contribution >= 0.6 is 11.3 Å². The van der Waals surface area contributed by atoms with Gasteiger partial charge >= 0.3 is 5.97 Å². The maximum Gasteiger partial charge on any atom is 0.309 e. The Balaban J connectivity index is 2.18. The Labute approximate surface area is 119 Å². The normalized spacial score (nSPS) is 10.8. The van der Waals surface area contributed by atoms with Crippen molar-refractivity contribution in [2.24, 2.45) is 0 Å². The van der Waals surface area contributed by atoms with Gasteiger partial charge in [-0.05, 0) is 12.1 Å². The lowest BCUT2D eigenvalue weighted by Crippen LogP contribution is -2.04. The average molecular weight is 288 g/mol. The number of methoxy groups -OCH3 is 1. The van der Waals surface area contributed by atoms with E-state index in [2.05, 4.69) is 4.98 Å². The molecular weight excluding hydrogens is 276 g/mol. The maximum atomic E-state index is 11.1. The van der Waals surface area contributed by atoms with E-state index in [0.717, 1.165) is 16.3 Å². The van der Waals surface area contributed by atoms with Crippen LogP contribution in [0.3, 0.4) is 0 Å². The molecule has 0 bridgehead atoms. The smallest absolute Gasteiger partial charge is 0.309 e. The Morgan fingerprint density at radius 1 is 1.50 bits per heavy atom.